The Morgan fingerprint density at radius 2 is 2.21 bits per heavy atom. The van der Waals surface area contributed by atoms with Gasteiger partial charge in [-0.3, -0.25) is 9.48 Å². The second-order valence-corrected chi connectivity index (χ2v) is 5.31. The van der Waals surface area contributed by atoms with Gasteiger partial charge in [0.25, 0.3) is 5.91 Å². The number of hydrogen-bond acceptors (Lipinski definition) is 6. The van der Waals surface area contributed by atoms with Crippen molar-refractivity contribution in [2.45, 2.75) is 18.9 Å². The van der Waals surface area contributed by atoms with E-state index in [0.717, 1.165) is 37.5 Å². The summed E-state index contributed by atoms with van der Waals surface area (Å²) in [5.41, 5.74) is 5.62. The molecule has 7 nitrogen and oxygen atoms in total. The lowest BCUT2D eigenvalue weighted by Gasteiger charge is -2.31. The quantitative estimate of drug-likeness (QED) is 0.877. The van der Waals surface area contributed by atoms with Crippen molar-refractivity contribution < 1.29 is 4.79 Å². The van der Waals surface area contributed by atoms with Crippen LogP contribution < -0.4 is 5.73 Å². The molecule has 0 unspecified atom stereocenters. The monoisotopic (exact) mass is 278 g/mol. The first-order valence-corrected chi connectivity index (χ1v) is 6.88. The lowest BCUT2D eigenvalue weighted by Crippen LogP contribution is -2.38. The van der Waals surface area contributed by atoms with Gasteiger partial charge >= 0.3 is 0 Å². The number of nitrogens with zero attached hydrogens (tertiary/aromatic N) is 5. The fourth-order valence-corrected chi connectivity index (χ4v) is 2.79. The zero-order valence-electron chi connectivity index (χ0n) is 10.3. The summed E-state index contributed by atoms with van der Waals surface area (Å²) in [6.07, 6.45) is 5.19. The summed E-state index contributed by atoms with van der Waals surface area (Å²) in [7, 11) is 0. The number of carbonyl (C=O) groups is 1. The van der Waals surface area contributed by atoms with Crippen molar-refractivity contribution in [2.24, 2.45) is 0 Å². The lowest BCUT2D eigenvalue weighted by molar-refractivity contribution is 0.0694. The summed E-state index contributed by atoms with van der Waals surface area (Å²) in [5, 5.41) is 7.92. The third-order valence-electron chi connectivity index (χ3n) is 3.33. The molecule has 0 aromatic carbocycles. The van der Waals surface area contributed by atoms with Gasteiger partial charge in [-0.1, -0.05) is 4.49 Å². The Labute approximate surface area is 114 Å². The molecule has 3 rings (SSSR count). The summed E-state index contributed by atoms with van der Waals surface area (Å²) in [6, 6.07) is 2.11. The number of likely N-dealkylation sites (tertiary alicyclic amines) is 1. The van der Waals surface area contributed by atoms with Gasteiger partial charge in [-0.05, 0) is 30.4 Å². The number of amides is 1. The predicted octanol–water partition coefficient (Wildman–Crippen LogP) is 0.794. The van der Waals surface area contributed by atoms with Crippen LogP contribution in [0.2, 0.25) is 0 Å². The van der Waals surface area contributed by atoms with Crippen molar-refractivity contribution in [1.29, 1.82) is 0 Å². The van der Waals surface area contributed by atoms with E-state index >= 15 is 0 Å². The van der Waals surface area contributed by atoms with Gasteiger partial charge in [-0.25, -0.2) is 0 Å². The smallest absolute Gasteiger partial charge is 0.267 e. The van der Waals surface area contributed by atoms with Crippen LogP contribution in [0.25, 0.3) is 0 Å². The maximum atomic E-state index is 12.1. The minimum Gasteiger partial charge on any atom is -0.382 e. The van der Waals surface area contributed by atoms with Crippen LogP contribution >= 0.6 is 11.5 Å². The van der Waals surface area contributed by atoms with E-state index in [-0.39, 0.29) is 5.91 Å². The molecule has 0 aliphatic carbocycles. The van der Waals surface area contributed by atoms with Gasteiger partial charge in [0, 0.05) is 19.3 Å². The normalized spacial score (nSPS) is 16.7. The third-order valence-corrected chi connectivity index (χ3v) is 3.98. The van der Waals surface area contributed by atoms with Gasteiger partial charge in [0.1, 0.15) is 10.7 Å². The van der Waals surface area contributed by atoms with Crippen molar-refractivity contribution >= 4 is 23.3 Å². The largest absolute Gasteiger partial charge is 0.382 e. The Morgan fingerprint density at radius 3 is 2.79 bits per heavy atom. The fourth-order valence-electron chi connectivity index (χ4n) is 2.31. The van der Waals surface area contributed by atoms with Crippen molar-refractivity contribution in [3.8, 4) is 0 Å². The van der Waals surface area contributed by atoms with E-state index < -0.39 is 0 Å². The SMILES string of the molecule is Nc1ccn(C2CCN(C(=O)c3cnns3)CC2)n1. The van der Waals surface area contributed by atoms with Gasteiger partial charge in [-0.15, -0.1) is 5.10 Å². The van der Waals surface area contributed by atoms with E-state index in [9.17, 15) is 4.79 Å². The second-order valence-electron chi connectivity index (χ2n) is 4.53. The standard InChI is InChI=1S/C11H14N6OS/c12-10-3-6-17(14-10)8-1-4-16(5-2-8)11(18)9-7-13-15-19-9/h3,6-8H,1-2,4-5H2,(H2,12,14). The third kappa shape index (κ3) is 2.43. The number of anilines is 1. The Kier molecular flexibility index (Phi) is 3.16. The van der Waals surface area contributed by atoms with E-state index in [2.05, 4.69) is 14.7 Å². The molecule has 0 atom stereocenters. The molecule has 1 amide bonds. The molecule has 0 radical (unpaired) electrons. The highest BCUT2D eigenvalue weighted by Gasteiger charge is 2.25. The minimum absolute atomic E-state index is 0.0217. The first kappa shape index (κ1) is 12.1. The topological polar surface area (TPSA) is 89.9 Å². The van der Waals surface area contributed by atoms with E-state index in [0.29, 0.717) is 16.7 Å². The summed E-state index contributed by atoms with van der Waals surface area (Å²) in [6.45, 7) is 1.45. The van der Waals surface area contributed by atoms with E-state index in [1.165, 1.54) is 6.20 Å². The van der Waals surface area contributed by atoms with Crippen LogP contribution in [0.4, 0.5) is 5.82 Å². The zero-order valence-corrected chi connectivity index (χ0v) is 11.1. The summed E-state index contributed by atoms with van der Waals surface area (Å²) in [4.78, 5) is 14.6. The number of carbonyl (C=O) groups excluding carboxylic acids is 1. The molecule has 1 saturated heterocycles. The Balaban J connectivity index is 1.62. The van der Waals surface area contributed by atoms with Crippen molar-refractivity contribution in [3.63, 3.8) is 0 Å². The van der Waals surface area contributed by atoms with E-state index in [4.69, 9.17) is 5.73 Å². The molecule has 0 bridgehead atoms. The van der Waals surface area contributed by atoms with Crippen LogP contribution in [-0.4, -0.2) is 43.3 Å². The average Bonchev–Trinajstić information content (AvgIpc) is 3.09. The van der Waals surface area contributed by atoms with Crippen LogP contribution in [0.1, 0.15) is 28.6 Å². The molecule has 2 aromatic heterocycles. The average molecular weight is 278 g/mol. The number of piperidine rings is 1. The van der Waals surface area contributed by atoms with Gasteiger partial charge in [-0.2, -0.15) is 5.10 Å². The molecular weight excluding hydrogens is 264 g/mol. The molecule has 1 fully saturated rings. The number of hydrogen-bond donors (Lipinski definition) is 1. The van der Waals surface area contributed by atoms with Crippen LogP contribution in [-0.2, 0) is 0 Å². The van der Waals surface area contributed by atoms with E-state index in [1.54, 1.807) is 6.07 Å². The summed E-state index contributed by atoms with van der Waals surface area (Å²) >= 11 is 1.14. The maximum Gasteiger partial charge on any atom is 0.267 e. The molecule has 0 spiro atoms. The molecule has 1 aliphatic heterocycles. The predicted molar refractivity (Wildman–Crippen MR) is 70.7 cm³/mol. The molecule has 8 heteroatoms. The molecule has 1 aliphatic rings. The zero-order chi connectivity index (χ0) is 13.2. The number of nitrogen functional groups attached to an aromatic ring is 1. The Morgan fingerprint density at radius 1 is 1.42 bits per heavy atom. The first-order valence-electron chi connectivity index (χ1n) is 6.11. The number of aromatic nitrogens is 4. The Bertz CT molecular complexity index is 558. The minimum atomic E-state index is 0.0217. The van der Waals surface area contributed by atoms with Gasteiger partial charge in [0.15, 0.2) is 0 Å². The van der Waals surface area contributed by atoms with Crippen molar-refractivity contribution in [3.05, 3.63) is 23.3 Å². The number of rotatable bonds is 2. The van der Waals surface area contributed by atoms with Gasteiger partial charge in [0.05, 0.1) is 12.2 Å². The Hall–Kier alpha value is -1.96. The summed E-state index contributed by atoms with van der Waals surface area (Å²) < 4.78 is 5.61. The van der Waals surface area contributed by atoms with E-state index in [1.807, 2.05) is 15.8 Å². The highest BCUT2D eigenvalue weighted by atomic mass is 32.1. The maximum absolute atomic E-state index is 12.1. The van der Waals surface area contributed by atoms with Crippen LogP contribution in [0, 0.1) is 0 Å². The second kappa shape index (κ2) is 4.96. The first-order chi connectivity index (χ1) is 9.24. The molecule has 2 N–H and O–H groups in total. The van der Waals surface area contributed by atoms with Crippen molar-refractivity contribution in [1.82, 2.24) is 24.3 Å². The molecular formula is C11H14N6OS. The highest BCUT2D eigenvalue weighted by molar-refractivity contribution is 7.07. The van der Waals surface area contributed by atoms with Crippen LogP contribution in [0.3, 0.4) is 0 Å². The summed E-state index contributed by atoms with van der Waals surface area (Å²) in [5.74, 6) is 0.558. The fraction of sp³-hybridized carbons (Fsp3) is 0.455. The van der Waals surface area contributed by atoms with Crippen LogP contribution in [0.15, 0.2) is 18.5 Å². The molecule has 2 aromatic rings. The molecule has 100 valence electrons. The lowest BCUT2D eigenvalue weighted by atomic mass is 10.1. The van der Waals surface area contributed by atoms with Crippen LogP contribution in [0.5, 0.6) is 0 Å². The van der Waals surface area contributed by atoms with Gasteiger partial charge in [0.2, 0.25) is 0 Å². The molecule has 0 saturated carbocycles. The van der Waals surface area contributed by atoms with Gasteiger partial charge < -0.3 is 10.6 Å². The number of nitrogens with two attached hydrogens (primary N) is 1. The highest BCUT2D eigenvalue weighted by Crippen LogP contribution is 2.23. The molecule has 19 heavy (non-hydrogen) atoms. The van der Waals surface area contributed by atoms with Crippen molar-refractivity contribution in [2.75, 3.05) is 18.8 Å². The molecule has 3 heterocycles.